The number of nitrogens with one attached hydrogen (secondary N) is 1. The Kier molecular flexibility index (Phi) is 4.28. The standard InChI is InChI=1S/C15H17F3N2O3/c1-9-3-4-10(15(16,17)18)7-11(9)19-13(23)20-6-5-14(2,8-20)12(21)22/h3-4,7H,5-6,8H2,1-2H3,(H,19,23)(H,21,22). The zero-order valence-corrected chi connectivity index (χ0v) is 12.7. The zero-order valence-electron chi connectivity index (χ0n) is 12.7. The number of urea groups is 1. The number of likely N-dealkylation sites (tertiary alicyclic amines) is 1. The molecule has 1 heterocycles. The van der Waals surface area contributed by atoms with Crippen LogP contribution in [0.25, 0.3) is 0 Å². The second kappa shape index (κ2) is 5.75. The van der Waals surface area contributed by atoms with E-state index in [9.17, 15) is 22.8 Å². The fourth-order valence-electron chi connectivity index (χ4n) is 2.44. The first-order chi connectivity index (χ1) is 10.5. The Bertz CT molecular complexity index is 645. The second-order valence-corrected chi connectivity index (χ2v) is 5.99. The van der Waals surface area contributed by atoms with Gasteiger partial charge in [0.15, 0.2) is 0 Å². The normalized spacial score (nSPS) is 21.3. The van der Waals surface area contributed by atoms with Gasteiger partial charge in [-0.1, -0.05) is 6.07 Å². The van der Waals surface area contributed by atoms with Crippen LogP contribution in [0.15, 0.2) is 18.2 Å². The van der Waals surface area contributed by atoms with Crippen LogP contribution in [0, 0.1) is 12.3 Å². The van der Waals surface area contributed by atoms with Crippen molar-refractivity contribution in [2.24, 2.45) is 5.41 Å². The van der Waals surface area contributed by atoms with Gasteiger partial charge in [-0.15, -0.1) is 0 Å². The van der Waals surface area contributed by atoms with Gasteiger partial charge in [0.05, 0.1) is 11.0 Å². The lowest BCUT2D eigenvalue weighted by atomic mass is 9.90. The molecule has 1 aliphatic heterocycles. The number of aryl methyl sites for hydroxylation is 1. The largest absolute Gasteiger partial charge is 0.481 e. The van der Waals surface area contributed by atoms with Crippen LogP contribution in [-0.4, -0.2) is 35.1 Å². The molecule has 1 aliphatic rings. The van der Waals surface area contributed by atoms with Gasteiger partial charge in [-0.2, -0.15) is 13.2 Å². The van der Waals surface area contributed by atoms with E-state index >= 15 is 0 Å². The van der Waals surface area contributed by atoms with Crippen molar-refractivity contribution < 1.29 is 27.9 Å². The van der Waals surface area contributed by atoms with E-state index in [1.165, 1.54) is 17.9 Å². The molecule has 126 valence electrons. The zero-order chi connectivity index (χ0) is 17.4. The average molecular weight is 330 g/mol. The molecule has 1 atom stereocenters. The Hall–Kier alpha value is -2.25. The van der Waals surface area contributed by atoms with Crippen molar-refractivity contribution in [3.63, 3.8) is 0 Å². The minimum absolute atomic E-state index is 0.0200. The molecule has 0 spiro atoms. The predicted molar refractivity (Wildman–Crippen MR) is 77.1 cm³/mol. The van der Waals surface area contributed by atoms with Crippen LogP contribution in [0.5, 0.6) is 0 Å². The molecular weight excluding hydrogens is 313 g/mol. The highest BCUT2D eigenvalue weighted by atomic mass is 19.4. The Balaban J connectivity index is 2.14. The summed E-state index contributed by atoms with van der Waals surface area (Å²) >= 11 is 0. The lowest BCUT2D eigenvalue weighted by Crippen LogP contribution is -2.37. The molecule has 0 aromatic heterocycles. The third-order valence-electron chi connectivity index (χ3n) is 4.08. The lowest BCUT2D eigenvalue weighted by molar-refractivity contribution is -0.147. The van der Waals surface area contributed by atoms with Gasteiger partial charge in [0.25, 0.3) is 0 Å². The molecule has 1 aromatic rings. The van der Waals surface area contributed by atoms with Crippen LogP contribution in [0.2, 0.25) is 0 Å². The Morgan fingerprint density at radius 1 is 1.35 bits per heavy atom. The van der Waals surface area contributed by atoms with E-state index in [1.807, 2.05) is 0 Å². The fourth-order valence-corrected chi connectivity index (χ4v) is 2.44. The van der Waals surface area contributed by atoms with E-state index in [-0.39, 0.29) is 18.8 Å². The molecule has 0 radical (unpaired) electrons. The van der Waals surface area contributed by atoms with Crippen molar-refractivity contribution in [3.05, 3.63) is 29.3 Å². The second-order valence-electron chi connectivity index (χ2n) is 5.99. The SMILES string of the molecule is Cc1ccc(C(F)(F)F)cc1NC(=O)N1CCC(C)(C(=O)O)C1. The van der Waals surface area contributed by atoms with Gasteiger partial charge in [-0.05, 0) is 38.0 Å². The molecule has 2 N–H and O–H groups in total. The van der Waals surface area contributed by atoms with Crippen molar-refractivity contribution in [1.82, 2.24) is 4.90 Å². The van der Waals surface area contributed by atoms with Crippen LogP contribution < -0.4 is 5.32 Å². The number of aliphatic carboxylic acids is 1. The summed E-state index contributed by atoms with van der Waals surface area (Å²) in [7, 11) is 0. The van der Waals surface area contributed by atoms with Crippen LogP contribution in [0.1, 0.15) is 24.5 Å². The number of nitrogens with zero attached hydrogens (tertiary/aromatic N) is 1. The van der Waals surface area contributed by atoms with Gasteiger partial charge in [0.2, 0.25) is 0 Å². The van der Waals surface area contributed by atoms with E-state index in [1.54, 1.807) is 6.92 Å². The third-order valence-corrected chi connectivity index (χ3v) is 4.08. The Morgan fingerprint density at radius 3 is 2.52 bits per heavy atom. The van der Waals surface area contributed by atoms with Gasteiger partial charge < -0.3 is 15.3 Å². The van der Waals surface area contributed by atoms with Crippen LogP contribution in [-0.2, 0) is 11.0 Å². The molecule has 2 amide bonds. The number of carbonyl (C=O) groups is 2. The molecule has 0 aliphatic carbocycles. The molecule has 1 fully saturated rings. The minimum atomic E-state index is -4.50. The number of halogens is 3. The van der Waals surface area contributed by atoms with E-state index in [0.717, 1.165) is 12.1 Å². The lowest BCUT2D eigenvalue weighted by Gasteiger charge is -2.21. The number of benzene rings is 1. The van der Waals surface area contributed by atoms with E-state index in [2.05, 4.69) is 5.32 Å². The Labute approximate surface area is 131 Å². The maximum atomic E-state index is 12.7. The molecule has 1 saturated heterocycles. The number of carboxylic acids is 1. The number of hydrogen-bond acceptors (Lipinski definition) is 2. The first kappa shape index (κ1) is 17.1. The highest BCUT2D eigenvalue weighted by Gasteiger charge is 2.42. The maximum absolute atomic E-state index is 12.7. The summed E-state index contributed by atoms with van der Waals surface area (Å²) in [6.07, 6.45) is -4.19. The molecule has 0 bridgehead atoms. The van der Waals surface area contributed by atoms with Crippen molar-refractivity contribution in [1.29, 1.82) is 0 Å². The molecule has 1 aromatic carbocycles. The third kappa shape index (κ3) is 3.57. The summed E-state index contributed by atoms with van der Waals surface area (Å²) in [5.41, 5.74) is -1.32. The molecule has 23 heavy (non-hydrogen) atoms. The summed E-state index contributed by atoms with van der Waals surface area (Å²) < 4.78 is 38.2. The van der Waals surface area contributed by atoms with Gasteiger partial charge in [0, 0.05) is 18.8 Å². The summed E-state index contributed by atoms with van der Waals surface area (Å²) in [5, 5.41) is 11.6. The van der Waals surface area contributed by atoms with Crippen LogP contribution >= 0.6 is 0 Å². The fraction of sp³-hybridized carbons (Fsp3) is 0.467. The van der Waals surface area contributed by atoms with E-state index in [0.29, 0.717) is 12.0 Å². The van der Waals surface area contributed by atoms with E-state index in [4.69, 9.17) is 5.11 Å². The minimum Gasteiger partial charge on any atom is -0.481 e. The number of alkyl halides is 3. The molecule has 0 saturated carbocycles. The molecule has 2 rings (SSSR count). The smallest absolute Gasteiger partial charge is 0.416 e. The van der Waals surface area contributed by atoms with Crippen molar-refractivity contribution in [2.45, 2.75) is 26.4 Å². The summed E-state index contributed by atoms with van der Waals surface area (Å²) in [6.45, 7) is 3.39. The Morgan fingerprint density at radius 2 is 2.00 bits per heavy atom. The van der Waals surface area contributed by atoms with Crippen molar-refractivity contribution in [2.75, 3.05) is 18.4 Å². The predicted octanol–water partition coefficient (Wildman–Crippen LogP) is 3.34. The molecular formula is C15H17F3N2O3. The van der Waals surface area contributed by atoms with Gasteiger partial charge in [-0.25, -0.2) is 4.79 Å². The van der Waals surface area contributed by atoms with Gasteiger partial charge in [-0.3, -0.25) is 4.79 Å². The quantitative estimate of drug-likeness (QED) is 0.874. The molecule has 1 unspecified atom stereocenters. The summed E-state index contributed by atoms with van der Waals surface area (Å²) in [5.74, 6) is -0.997. The highest BCUT2D eigenvalue weighted by molar-refractivity contribution is 5.91. The van der Waals surface area contributed by atoms with Gasteiger partial charge >= 0.3 is 18.2 Å². The monoisotopic (exact) mass is 330 g/mol. The average Bonchev–Trinajstić information content (AvgIpc) is 2.84. The van der Waals surface area contributed by atoms with Gasteiger partial charge in [0.1, 0.15) is 0 Å². The number of anilines is 1. The topological polar surface area (TPSA) is 69.6 Å². The summed E-state index contributed by atoms with van der Waals surface area (Å²) in [6, 6.07) is 2.50. The van der Waals surface area contributed by atoms with Crippen molar-refractivity contribution in [3.8, 4) is 0 Å². The van der Waals surface area contributed by atoms with Crippen LogP contribution in [0.4, 0.5) is 23.7 Å². The molecule has 5 nitrogen and oxygen atoms in total. The number of carboxylic acid groups (broad SMARTS) is 1. The first-order valence-corrected chi connectivity index (χ1v) is 7.00. The summed E-state index contributed by atoms with van der Waals surface area (Å²) in [4.78, 5) is 24.7. The maximum Gasteiger partial charge on any atom is 0.416 e. The number of amides is 2. The number of hydrogen-bond donors (Lipinski definition) is 2. The highest BCUT2D eigenvalue weighted by Crippen LogP contribution is 2.33. The van der Waals surface area contributed by atoms with Crippen LogP contribution in [0.3, 0.4) is 0 Å². The number of carbonyl (C=O) groups excluding carboxylic acids is 1. The van der Waals surface area contributed by atoms with Crippen molar-refractivity contribution >= 4 is 17.7 Å². The number of rotatable bonds is 2. The molecule has 8 heteroatoms. The van der Waals surface area contributed by atoms with E-state index < -0.39 is 29.2 Å². The first-order valence-electron chi connectivity index (χ1n) is 7.00.